The van der Waals surface area contributed by atoms with Crippen molar-refractivity contribution < 1.29 is 14.3 Å². The maximum atomic E-state index is 12.4. The Hall–Kier alpha value is -3.68. The first-order valence-corrected chi connectivity index (χ1v) is 11.5. The maximum absolute atomic E-state index is 12.4. The van der Waals surface area contributed by atoms with Gasteiger partial charge in [-0.05, 0) is 32.4 Å². The number of ketones is 1. The molecule has 1 aliphatic rings. The SMILES string of the molecule is C=CC.CC.CCC(=O)c1cnc(NC(=O)N2CCC2)cc1Nc1cccc(C(C)=N)c1OC. The van der Waals surface area contributed by atoms with Gasteiger partial charge in [0.25, 0.3) is 0 Å². The highest BCUT2D eigenvalue weighted by molar-refractivity contribution is 6.04. The van der Waals surface area contributed by atoms with Gasteiger partial charge in [0, 0.05) is 43.0 Å². The molecule has 0 radical (unpaired) electrons. The molecule has 1 aromatic heterocycles. The van der Waals surface area contributed by atoms with Crippen molar-refractivity contribution in [1.29, 1.82) is 5.41 Å². The molecule has 0 spiro atoms. The molecule has 2 heterocycles. The summed E-state index contributed by atoms with van der Waals surface area (Å²) in [6, 6.07) is 6.86. The number of nitrogens with one attached hydrogen (secondary N) is 3. The number of rotatable bonds is 7. The molecule has 1 aliphatic heterocycles. The van der Waals surface area contributed by atoms with Gasteiger partial charge in [-0.3, -0.25) is 10.1 Å². The first-order chi connectivity index (χ1) is 16.4. The molecule has 8 heteroatoms. The van der Waals surface area contributed by atoms with Crippen molar-refractivity contribution in [3.05, 3.63) is 54.2 Å². The van der Waals surface area contributed by atoms with E-state index in [2.05, 4.69) is 22.2 Å². The zero-order valence-electron chi connectivity index (χ0n) is 21.1. The second-order valence-electron chi connectivity index (χ2n) is 7.21. The van der Waals surface area contributed by atoms with E-state index >= 15 is 0 Å². The van der Waals surface area contributed by atoms with Crippen LogP contribution in [0.2, 0.25) is 0 Å². The van der Waals surface area contributed by atoms with Gasteiger partial charge >= 0.3 is 6.03 Å². The van der Waals surface area contributed by atoms with E-state index in [1.165, 1.54) is 13.3 Å². The Morgan fingerprint density at radius 1 is 1.24 bits per heavy atom. The Balaban J connectivity index is 0.00000107. The third kappa shape index (κ3) is 7.43. The molecule has 0 saturated carbocycles. The van der Waals surface area contributed by atoms with Gasteiger partial charge in [-0.25, -0.2) is 9.78 Å². The second kappa shape index (κ2) is 14.5. The van der Waals surface area contributed by atoms with Gasteiger partial charge < -0.3 is 20.4 Å². The smallest absolute Gasteiger partial charge is 0.323 e. The van der Waals surface area contributed by atoms with E-state index in [4.69, 9.17) is 10.1 Å². The third-order valence-corrected chi connectivity index (χ3v) is 4.80. The summed E-state index contributed by atoms with van der Waals surface area (Å²) in [5.41, 5.74) is 2.58. The van der Waals surface area contributed by atoms with Crippen LogP contribution in [0.15, 0.2) is 43.1 Å². The molecule has 2 aromatic rings. The number of carbonyl (C=O) groups is 2. The van der Waals surface area contributed by atoms with E-state index in [-0.39, 0.29) is 11.8 Å². The Morgan fingerprint density at radius 3 is 2.38 bits per heavy atom. The fourth-order valence-corrected chi connectivity index (χ4v) is 3.04. The van der Waals surface area contributed by atoms with Gasteiger partial charge in [-0.1, -0.05) is 32.9 Å². The van der Waals surface area contributed by atoms with Crippen molar-refractivity contribution in [2.24, 2.45) is 0 Å². The number of nitrogens with zero attached hydrogens (tertiary/aromatic N) is 2. The minimum atomic E-state index is -0.205. The normalized spacial score (nSPS) is 11.4. The molecule has 1 saturated heterocycles. The zero-order valence-corrected chi connectivity index (χ0v) is 21.1. The van der Waals surface area contributed by atoms with E-state index in [0.717, 1.165) is 19.5 Å². The molecule has 0 unspecified atom stereocenters. The Bertz CT molecular complexity index is 1000. The van der Waals surface area contributed by atoms with E-state index in [1.807, 2.05) is 32.9 Å². The largest absolute Gasteiger partial charge is 0.494 e. The first-order valence-electron chi connectivity index (χ1n) is 11.5. The lowest BCUT2D eigenvalue weighted by atomic mass is 10.1. The molecule has 0 atom stereocenters. The Morgan fingerprint density at radius 2 is 1.88 bits per heavy atom. The van der Waals surface area contributed by atoms with Crippen molar-refractivity contribution in [3.8, 4) is 5.75 Å². The molecule has 2 amide bonds. The summed E-state index contributed by atoms with van der Waals surface area (Å²) in [6.07, 6.45) is 4.55. The third-order valence-electron chi connectivity index (χ3n) is 4.80. The average molecular weight is 468 g/mol. The van der Waals surface area contributed by atoms with E-state index in [0.29, 0.717) is 46.2 Å². The summed E-state index contributed by atoms with van der Waals surface area (Å²) in [6.45, 7) is 14.2. The number of carbonyl (C=O) groups excluding carboxylic acids is 2. The van der Waals surface area contributed by atoms with Crippen LogP contribution < -0.4 is 15.4 Å². The van der Waals surface area contributed by atoms with Crippen LogP contribution in [-0.2, 0) is 0 Å². The van der Waals surface area contributed by atoms with Crippen molar-refractivity contribution >= 4 is 34.7 Å². The number of methoxy groups -OCH3 is 1. The predicted octanol–water partition coefficient (Wildman–Crippen LogP) is 6.27. The number of Topliss-reactive ketones (excluding diaryl/α,β-unsaturated/α-hetero) is 1. The van der Waals surface area contributed by atoms with Gasteiger partial charge in [-0.15, -0.1) is 6.58 Å². The molecule has 1 fully saturated rings. The number of allylic oxidation sites excluding steroid dienone is 1. The topological polar surface area (TPSA) is 107 Å². The van der Waals surface area contributed by atoms with Gasteiger partial charge in [0.15, 0.2) is 11.5 Å². The molecular formula is C26H37N5O3. The van der Waals surface area contributed by atoms with Gasteiger partial charge in [0.2, 0.25) is 0 Å². The quantitative estimate of drug-likeness (QED) is 0.253. The molecule has 3 N–H and O–H groups in total. The highest BCUT2D eigenvalue weighted by atomic mass is 16.5. The number of para-hydroxylation sites is 1. The summed E-state index contributed by atoms with van der Waals surface area (Å²) < 4.78 is 5.50. The van der Waals surface area contributed by atoms with Gasteiger partial charge in [0.05, 0.1) is 24.0 Å². The van der Waals surface area contributed by atoms with Gasteiger partial charge in [-0.2, -0.15) is 0 Å². The van der Waals surface area contributed by atoms with Crippen molar-refractivity contribution in [2.45, 2.75) is 47.5 Å². The Labute approximate surface area is 202 Å². The van der Waals surface area contributed by atoms with Crippen LogP contribution in [0.1, 0.15) is 63.4 Å². The van der Waals surface area contributed by atoms with E-state index in [9.17, 15) is 9.59 Å². The second-order valence-corrected chi connectivity index (χ2v) is 7.21. The molecule has 184 valence electrons. The molecule has 0 aliphatic carbocycles. The molecule has 1 aromatic carbocycles. The van der Waals surface area contributed by atoms with Crippen LogP contribution in [-0.4, -0.2) is 47.6 Å². The van der Waals surface area contributed by atoms with Crippen LogP contribution in [0.5, 0.6) is 5.75 Å². The first kappa shape index (κ1) is 28.4. The summed E-state index contributed by atoms with van der Waals surface area (Å²) in [4.78, 5) is 30.5. The Kier molecular flexibility index (Phi) is 12.1. The van der Waals surface area contributed by atoms with Gasteiger partial charge in [0.1, 0.15) is 5.82 Å². The number of hydrogen-bond acceptors (Lipinski definition) is 6. The zero-order chi connectivity index (χ0) is 25.7. The number of urea groups is 1. The predicted molar refractivity (Wildman–Crippen MR) is 140 cm³/mol. The van der Waals surface area contributed by atoms with Crippen molar-refractivity contribution in [2.75, 3.05) is 30.8 Å². The number of ether oxygens (including phenoxy) is 1. The minimum Gasteiger partial charge on any atom is -0.494 e. The van der Waals surface area contributed by atoms with Crippen LogP contribution in [0.25, 0.3) is 0 Å². The number of pyridine rings is 1. The van der Waals surface area contributed by atoms with Crippen molar-refractivity contribution in [1.82, 2.24) is 9.88 Å². The summed E-state index contributed by atoms with van der Waals surface area (Å²) in [5.74, 6) is 0.798. The lowest BCUT2D eigenvalue weighted by Crippen LogP contribution is -2.44. The minimum absolute atomic E-state index is 0.0704. The maximum Gasteiger partial charge on any atom is 0.323 e. The monoisotopic (exact) mass is 467 g/mol. The highest BCUT2D eigenvalue weighted by Gasteiger charge is 2.21. The number of anilines is 3. The molecule has 0 bridgehead atoms. The summed E-state index contributed by atoms with van der Waals surface area (Å²) >= 11 is 0. The van der Waals surface area contributed by atoms with E-state index in [1.54, 1.807) is 37.0 Å². The molecule has 34 heavy (non-hydrogen) atoms. The fourth-order valence-electron chi connectivity index (χ4n) is 3.04. The standard InChI is InChI=1S/C21H25N5O3.C3H6.C2H6/c1-4-18(27)15-12-23-19(25-21(28)26-9-6-10-26)11-17(15)24-16-8-5-7-14(13(2)22)20(16)29-3;1-3-2;1-2/h5,7-8,11-12,22H,4,6,9-10H2,1-3H3,(H2,23,24,25,28);3H,1H2,2H3;1-2H3. The number of aromatic nitrogens is 1. The number of benzene rings is 1. The lowest BCUT2D eigenvalue weighted by molar-refractivity contribution is 0.0988. The molecule has 3 rings (SSSR count). The summed E-state index contributed by atoms with van der Waals surface area (Å²) in [7, 11) is 1.54. The van der Waals surface area contributed by atoms with Crippen LogP contribution >= 0.6 is 0 Å². The van der Waals surface area contributed by atoms with Crippen LogP contribution in [0.4, 0.5) is 22.0 Å². The number of likely N-dealkylation sites (tertiary alicyclic amines) is 1. The average Bonchev–Trinajstić information content (AvgIpc) is 2.79. The number of hydrogen-bond donors (Lipinski definition) is 3. The van der Waals surface area contributed by atoms with E-state index < -0.39 is 0 Å². The summed E-state index contributed by atoms with van der Waals surface area (Å²) in [5, 5.41) is 13.9. The highest BCUT2D eigenvalue weighted by Crippen LogP contribution is 2.33. The molecular weight excluding hydrogens is 430 g/mol. The fraction of sp³-hybridized carbons (Fsp3) is 0.385. The molecule has 8 nitrogen and oxygen atoms in total. The van der Waals surface area contributed by atoms with Crippen LogP contribution in [0.3, 0.4) is 0 Å². The van der Waals surface area contributed by atoms with Crippen molar-refractivity contribution in [3.63, 3.8) is 0 Å². The lowest BCUT2D eigenvalue weighted by Gasteiger charge is -2.30. The van der Waals surface area contributed by atoms with Crippen LogP contribution in [0, 0.1) is 5.41 Å². The number of amides is 2.